The predicted octanol–water partition coefficient (Wildman–Crippen LogP) is 3.64. The first kappa shape index (κ1) is 11.4. The number of aryl methyl sites for hydroxylation is 2. The molecule has 0 saturated carbocycles. The maximum Gasteiger partial charge on any atom is 0.0841 e. The summed E-state index contributed by atoms with van der Waals surface area (Å²) in [5.74, 6) is 0. The third kappa shape index (κ3) is 2.52. The van der Waals surface area contributed by atoms with Gasteiger partial charge in [0.2, 0.25) is 0 Å². The van der Waals surface area contributed by atoms with Gasteiger partial charge in [0.1, 0.15) is 0 Å². The average Bonchev–Trinajstić information content (AvgIpc) is 2.59. The van der Waals surface area contributed by atoms with E-state index in [-0.39, 0.29) is 6.10 Å². The predicted molar refractivity (Wildman–Crippen MR) is 68.9 cm³/mol. The number of aliphatic hydroxyl groups is 1. The third-order valence-electron chi connectivity index (χ3n) is 2.71. The van der Waals surface area contributed by atoms with Crippen molar-refractivity contribution in [3.05, 3.63) is 57.3 Å². The molecule has 84 valence electrons. The summed E-state index contributed by atoms with van der Waals surface area (Å²) in [6, 6.07) is 12.2. The van der Waals surface area contributed by atoms with Crippen molar-refractivity contribution in [3.63, 3.8) is 0 Å². The maximum atomic E-state index is 10.2. The van der Waals surface area contributed by atoms with Crippen molar-refractivity contribution in [3.8, 4) is 0 Å². The maximum absolute atomic E-state index is 10.2. The standard InChI is InChI=1S/C14H16OS/c1-10-8-13(11(2)16-10)14(15)9-12-6-4-3-5-7-12/h3-8,14-15H,9H2,1-2H3. The molecule has 0 aliphatic carbocycles. The van der Waals surface area contributed by atoms with Crippen LogP contribution in [0.5, 0.6) is 0 Å². The van der Waals surface area contributed by atoms with Crippen LogP contribution in [0.15, 0.2) is 36.4 Å². The second-order valence-electron chi connectivity index (χ2n) is 4.07. The fourth-order valence-electron chi connectivity index (χ4n) is 1.93. The molecule has 0 aliphatic heterocycles. The van der Waals surface area contributed by atoms with Gasteiger partial charge in [0.15, 0.2) is 0 Å². The zero-order valence-corrected chi connectivity index (χ0v) is 10.4. The molecule has 1 nitrogen and oxygen atoms in total. The van der Waals surface area contributed by atoms with E-state index in [1.807, 2.05) is 18.2 Å². The molecule has 2 heteroatoms. The molecule has 1 unspecified atom stereocenters. The molecule has 0 amide bonds. The first-order valence-electron chi connectivity index (χ1n) is 5.45. The summed E-state index contributed by atoms with van der Waals surface area (Å²) in [6.45, 7) is 4.15. The molecule has 0 fully saturated rings. The summed E-state index contributed by atoms with van der Waals surface area (Å²) in [4.78, 5) is 2.49. The Hall–Kier alpha value is -1.12. The van der Waals surface area contributed by atoms with Crippen molar-refractivity contribution in [2.24, 2.45) is 0 Å². The summed E-state index contributed by atoms with van der Waals surface area (Å²) in [6.07, 6.45) is 0.310. The molecule has 0 spiro atoms. The number of benzene rings is 1. The van der Waals surface area contributed by atoms with Gasteiger partial charge in [-0.2, -0.15) is 0 Å². The molecular weight excluding hydrogens is 216 g/mol. The second-order valence-corrected chi connectivity index (χ2v) is 5.53. The van der Waals surface area contributed by atoms with Gasteiger partial charge in [-0.1, -0.05) is 30.3 Å². The first-order valence-corrected chi connectivity index (χ1v) is 6.27. The SMILES string of the molecule is Cc1cc(C(O)Cc2ccccc2)c(C)s1. The largest absolute Gasteiger partial charge is 0.388 e. The normalized spacial score (nSPS) is 12.7. The average molecular weight is 232 g/mol. The highest BCUT2D eigenvalue weighted by Gasteiger charge is 2.13. The van der Waals surface area contributed by atoms with E-state index in [4.69, 9.17) is 0 Å². The number of aliphatic hydroxyl groups excluding tert-OH is 1. The molecule has 2 rings (SSSR count). The van der Waals surface area contributed by atoms with Gasteiger partial charge in [-0.25, -0.2) is 0 Å². The fraction of sp³-hybridized carbons (Fsp3) is 0.286. The van der Waals surface area contributed by atoms with Crippen LogP contribution in [0.25, 0.3) is 0 Å². The second kappa shape index (κ2) is 4.81. The van der Waals surface area contributed by atoms with Crippen LogP contribution in [0.3, 0.4) is 0 Å². The van der Waals surface area contributed by atoms with Crippen molar-refractivity contribution < 1.29 is 5.11 Å². The van der Waals surface area contributed by atoms with Crippen LogP contribution in [-0.2, 0) is 6.42 Å². The number of hydrogen-bond donors (Lipinski definition) is 1. The fourth-order valence-corrected chi connectivity index (χ4v) is 2.91. The van der Waals surface area contributed by atoms with Crippen molar-refractivity contribution >= 4 is 11.3 Å². The van der Waals surface area contributed by atoms with Gasteiger partial charge < -0.3 is 5.11 Å². The third-order valence-corrected chi connectivity index (χ3v) is 3.69. The molecule has 0 saturated heterocycles. The van der Waals surface area contributed by atoms with Gasteiger partial charge >= 0.3 is 0 Å². The van der Waals surface area contributed by atoms with Crippen molar-refractivity contribution in [1.29, 1.82) is 0 Å². The molecule has 0 radical (unpaired) electrons. The van der Waals surface area contributed by atoms with Crippen molar-refractivity contribution in [1.82, 2.24) is 0 Å². The Bertz CT molecular complexity index is 459. The lowest BCUT2D eigenvalue weighted by atomic mass is 10.0. The quantitative estimate of drug-likeness (QED) is 0.856. The van der Waals surface area contributed by atoms with Crippen LogP contribution in [0, 0.1) is 13.8 Å². The summed E-state index contributed by atoms with van der Waals surface area (Å²) >= 11 is 1.75. The van der Waals surface area contributed by atoms with Gasteiger partial charge in [-0.15, -0.1) is 11.3 Å². The highest BCUT2D eigenvalue weighted by atomic mass is 32.1. The van der Waals surface area contributed by atoms with Crippen LogP contribution in [0.2, 0.25) is 0 Å². The summed E-state index contributed by atoms with van der Waals surface area (Å²) in [7, 11) is 0. The van der Waals surface area contributed by atoms with Gasteiger partial charge in [0.05, 0.1) is 6.10 Å². The molecule has 0 aliphatic rings. The summed E-state index contributed by atoms with van der Waals surface area (Å²) in [5, 5.41) is 10.2. The Morgan fingerprint density at radius 1 is 1.19 bits per heavy atom. The monoisotopic (exact) mass is 232 g/mol. The first-order chi connectivity index (χ1) is 7.66. The lowest BCUT2D eigenvalue weighted by Gasteiger charge is -2.10. The van der Waals surface area contributed by atoms with Crippen molar-refractivity contribution in [2.45, 2.75) is 26.4 Å². The van der Waals surface area contributed by atoms with E-state index in [9.17, 15) is 5.11 Å². The Morgan fingerprint density at radius 2 is 1.88 bits per heavy atom. The molecule has 1 aromatic heterocycles. The Kier molecular flexibility index (Phi) is 3.42. The van der Waals surface area contributed by atoms with Crippen LogP contribution < -0.4 is 0 Å². The van der Waals surface area contributed by atoms with Gasteiger partial charge in [-0.05, 0) is 31.0 Å². The molecule has 1 heterocycles. The van der Waals surface area contributed by atoms with Crippen LogP contribution >= 0.6 is 11.3 Å². The Balaban J connectivity index is 2.14. The van der Waals surface area contributed by atoms with E-state index in [0.717, 1.165) is 5.56 Å². The smallest absolute Gasteiger partial charge is 0.0841 e. The van der Waals surface area contributed by atoms with E-state index in [1.165, 1.54) is 15.3 Å². The molecule has 1 atom stereocenters. The van der Waals surface area contributed by atoms with Crippen LogP contribution in [0.4, 0.5) is 0 Å². The minimum Gasteiger partial charge on any atom is -0.388 e. The zero-order valence-electron chi connectivity index (χ0n) is 9.60. The van der Waals surface area contributed by atoms with E-state index in [2.05, 4.69) is 32.0 Å². The molecule has 1 N–H and O–H groups in total. The Labute approximate surface area is 100 Å². The van der Waals surface area contributed by atoms with E-state index < -0.39 is 0 Å². The van der Waals surface area contributed by atoms with Gasteiger partial charge in [-0.3, -0.25) is 0 Å². The highest BCUT2D eigenvalue weighted by Crippen LogP contribution is 2.28. The lowest BCUT2D eigenvalue weighted by molar-refractivity contribution is 0.178. The van der Waals surface area contributed by atoms with E-state index in [0.29, 0.717) is 6.42 Å². The van der Waals surface area contributed by atoms with Crippen LogP contribution in [-0.4, -0.2) is 5.11 Å². The van der Waals surface area contributed by atoms with Gasteiger partial charge in [0, 0.05) is 16.2 Å². The molecule has 2 aromatic rings. The zero-order chi connectivity index (χ0) is 11.5. The number of thiophene rings is 1. The van der Waals surface area contributed by atoms with Crippen molar-refractivity contribution in [2.75, 3.05) is 0 Å². The lowest BCUT2D eigenvalue weighted by Crippen LogP contribution is -2.01. The van der Waals surface area contributed by atoms with Gasteiger partial charge in [0.25, 0.3) is 0 Å². The topological polar surface area (TPSA) is 20.2 Å². The number of rotatable bonds is 3. The molecule has 16 heavy (non-hydrogen) atoms. The van der Waals surface area contributed by atoms with E-state index >= 15 is 0 Å². The molecule has 1 aromatic carbocycles. The van der Waals surface area contributed by atoms with Crippen LogP contribution in [0.1, 0.15) is 27.0 Å². The number of hydrogen-bond acceptors (Lipinski definition) is 2. The minimum absolute atomic E-state index is 0.382. The highest BCUT2D eigenvalue weighted by molar-refractivity contribution is 7.12. The Morgan fingerprint density at radius 3 is 2.44 bits per heavy atom. The summed E-state index contributed by atoms with van der Waals surface area (Å²) in [5.41, 5.74) is 2.25. The minimum atomic E-state index is -0.382. The van der Waals surface area contributed by atoms with E-state index in [1.54, 1.807) is 11.3 Å². The molecule has 0 bridgehead atoms. The molecular formula is C14H16OS. The summed E-state index contributed by atoms with van der Waals surface area (Å²) < 4.78 is 0.